The molecule has 0 saturated heterocycles. The first-order valence-corrected chi connectivity index (χ1v) is 5.50. The second-order valence-corrected chi connectivity index (χ2v) is 4.20. The molecule has 0 heterocycles. The summed E-state index contributed by atoms with van der Waals surface area (Å²) in [5.41, 5.74) is 2.15. The van der Waals surface area contributed by atoms with Gasteiger partial charge in [-0.25, -0.2) is 0 Å². The van der Waals surface area contributed by atoms with Crippen LogP contribution in [0.3, 0.4) is 0 Å². The van der Waals surface area contributed by atoms with Crippen LogP contribution in [0, 0.1) is 5.92 Å². The van der Waals surface area contributed by atoms with Gasteiger partial charge in [0.05, 0.1) is 0 Å². The Hall–Kier alpha value is -1.31. The first kappa shape index (κ1) is 11.8. The van der Waals surface area contributed by atoms with Gasteiger partial charge in [0.1, 0.15) is 0 Å². The lowest BCUT2D eigenvalue weighted by atomic mass is 10.1. The number of benzene rings is 1. The molecule has 82 valence electrons. The summed E-state index contributed by atoms with van der Waals surface area (Å²) >= 11 is 0. The Morgan fingerprint density at radius 2 is 2.13 bits per heavy atom. The standard InChI is InChI=1S/C13H19NO/c1-4-11-6-5-7-12(9-11)14-13(15)8-10(2)3/h5-7,9-10H,4,8H2,1-3H3,(H,14,15). The van der Waals surface area contributed by atoms with Crippen LogP contribution >= 0.6 is 0 Å². The quantitative estimate of drug-likeness (QED) is 0.803. The second-order valence-electron chi connectivity index (χ2n) is 4.20. The summed E-state index contributed by atoms with van der Waals surface area (Å²) in [6.07, 6.45) is 1.57. The molecule has 0 aliphatic heterocycles. The summed E-state index contributed by atoms with van der Waals surface area (Å²) in [7, 11) is 0. The smallest absolute Gasteiger partial charge is 0.224 e. The highest BCUT2D eigenvalue weighted by Gasteiger charge is 2.04. The zero-order valence-corrected chi connectivity index (χ0v) is 9.71. The van der Waals surface area contributed by atoms with E-state index in [4.69, 9.17) is 0 Å². The van der Waals surface area contributed by atoms with Crippen LogP contribution in [0.2, 0.25) is 0 Å². The lowest BCUT2D eigenvalue weighted by Gasteiger charge is -2.08. The third-order valence-electron chi connectivity index (χ3n) is 2.21. The third kappa shape index (κ3) is 4.15. The van der Waals surface area contributed by atoms with E-state index in [0.717, 1.165) is 12.1 Å². The molecule has 0 bridgehead atoms. The Morgan fingerprint density at radius 3 is 2.73 bits per heavy atom. The number of rotatable bonds is 4. The van der Waals surface area contributed by atoms with Crippen LogP contribution < -0.4 is 5.32 Å². The first-order valence-electron chi connectivity index (χ1n) is 5.50. The number of amides is 1. The van der Waals surface area contributed by atoms with Crippen LogP contribution in [-0.4, -0.2) is 5.91 Å². The van der Waals surface area contributed by atoms with Crippen LogP contribution in [0.15, 0.2) is 24.3 Å². The largest absolute Gasteiger partial charge is 0.326 e. The average molecular weight is 205 g/mol. The Morgan fingerprint density at radius 1 is 1.40 bits per heavy atom. The highest BCUT2D eigenvalue weighted by molar-refractivity contribution is 5.90. The molecule has 1 aromatic rings. The van der Waals surface area contributed by atoms with Crippen molar-refractivity contribution >= 4 is 11.6 Å². The highest BCUT2D eigenvalue weighted by atomic mass is 16.1. The Balaban J connectivity index is 2.60. The molecule has 1 N–H and O–H groups in total. The van der Waals surface area contributed by atoms with Crippen molar-refractivity contribution in [3.8, 4) is 0 Å². The maximum atomic E-state index is 11.5. The zero-order chi connectivity index (χ0) is 11.3. The molecule has 0 aliphatic rings. The van der Waals surface area contributed by atoms with E-state index in [9.17, 15) is 4.79 Å². The van der Waals surface area contributed by atoms with E-state index >= 15 is 0 Å². The SMILES string of the molecule is CCc1cccc(NC(=O)CC(C)C)c1. The normalized spacial score (nSPS) is 10.4. The number of aryl methyl sites for hydroxylation is 1. The van der Waals surface area contributed by atoms with Crippen LogP contribution in [0.25, 0.3) is 0 Å². The molecule has 0 aliphatic carbocycles. The second kappa shape index (κ2) is 5.54. The fourth-order valence-corrected chi connectivity index (χ4v) is 1.45. The molecule has 0 atom stereocenters. The molecule has 1 aromatic carbocycles. The van der Waals surface area contributed by atoms with Crippen molar-refractivity contribution in [2.75, 3.05) is 5.32 Å². The molecule has 0 aromatic heterocycles. The van der Waals surface area contributed by atoms with Gasteiger partial charge in [-0.1, -0.05) is 32.9 Å². The Kier molecular flexibility index (Phi) is 4.35. The van der Waals surface area contributed by atoms with Crippen LogP contribution in [0.5, 0.6) is 0 Å². The number of hydrogen-bond acceptors (Lipinski definition) is 1. The van der Waals surface area contributed by atoms with Crippen LogP contribution in [0.4, 0.5) is 5.69 Å². The first-order chi connectivity index (χ1) is 7.11. The number of nitrogens with one attached hydrogen (secondary N) is 1. The van der Waals surface area contributed by atoms with Crippen molar-refractivity contribution in [2.45, 2.75) is 33.6 Å². The summed E-state index contributed by atoms with van der Waals surface area (Å²) in [4.78, 5) is 11.5. The predicted molar refractivity (Wildman–Crippen MR) is 63.9 cm³/mol. The van der Waals surface area contributed by atoms with E-state index in [-0.39, 0.29) is 5.91 Å². The van der Waals surface area contributed by atoms with E-state index in [1.165, 1.54) is 5.56 Å². The molecular formula is C13H19NO. The van der Waals surface area contributed by atoms with Crippen LogP contribution in [0.1, 0.15) is 32.8 Å². The van der Waals surface area contributed by atoms with Crippen molar-refractivity contribution in [2.24, 2.45) is 5.92 Å². The summed E-state index contributed by atoms with van der Waals surface area (Å²) in [6.45, 7) is 6.19. The molecule has 1 rings (SSSR count). The van der Waals surface area contributed by atoms with Gasteiger partial charge in [0, 0.05) is 12.1 Å². The lowest BCUT2D eigenvalue weighted by Crippen LogP contribution is -2.13. The predicted octanol–water partition coefficient (Wildman–Crippen LogP) is 3.23. The van der Waals surface area contributed by atoms with E-state index in [2.05, 4.69) is 18.3 Å². The van der Waals surface area contributed by atoms with Gasteiger partial charge in [0.2, 0.25) is 5.91 Å². The molecule has 1 amide bonds. The van der Waals surface area contributed by atoms with Crippen molar-refractivity contribution < 1.29 is 4.79 Å². The topological polar surface area (TPSA) is 29.1 Å². The maximum absolute atomic E-state index is 11.5. The molecule has 0 fully saturated rings. The van der Waals surface area contributed by atoms with Gasteiger partial charge in [-0.15, -0.1) is 0 Å². The van der Waals surface area contributed by atoms with E-state index in [0.29, 0.717) is 12.3 Å². The van der Waals surface area contributed by atoms with Crippen molar-refractivity contribution in [1.82, 2.24) is 0 Å². The van der Waals surface area contributed by atoms with Gasteiger partial charge in [-0.3, -0.25) is 4.79 Å². The van der Waals surface area contributed by atoms with Gasteiger partial charge in [-0.2, -0.15) is 0 Å². The van der Waals surface area contributed by atoms with Gasteiger partial charge >= 0.3 is 0 Å². The highest BCUT2D eigenvalue weighted by Crippen LogP contribution is 2.12. The van der Waals surface area contributed by atoms with E-state index in [1.54, 1.807) is 0 Å². The number of carbonyl (C=O) groups is 1. The molecule has 15 heavy (non-hydrogen) atoms. The van der Waals surface area contributed by atoms with Gasteiger partial charge in [0.15, 0.2) is 0 Å². The van der Waals surface area contributed by atoms with Crippen LogP contribution in [-0.2, 0) is 11.2 Å². The van der Waals surface area contributed by atoms with E-state index < -0.39 is 0 Å². The fraction of sp³-hybridized carbons (Fsp3) is 0.462. The lowest BCUT2D eigenvalue weighted by molar-refractivity contribution is -0.116. The molecule has 0 saturated carbocycles. The molecule has 0 radical (unpaired) electrons. The fourth-order valence-electron chi connectivity index (χ4n) is 1.45. The number of carbonyl (C=O) groups excluding carboxylic acids is 1. The summed E-state index contributed by atoms with van der Waals surface area (Å²) < 4.78 is 0. The van der Waals surface area contributed by atoms with Crippen molar-refractivity contribution in [1.29, 1.82) is 0 Å². The third-order valence-corrected chi connectivity index (χ3v) is 2.21. The maximum Gasteiger partial charge on any atom is 0.224 e. The molecule has 0 unspecified atom stereocenters. The van der Waals surface area contributed by atoms with E-state index in [1.807, 2.05) is 32.0 Å². The number of hydrogen-bond donors (Lipinski definition) is 1. The molecule has 2 nitrogen and oxygen atoms in total. The summed E-state index contributed by atoms with van der Waals surface area (Å²) in [5.74, 6) is 0.498. The summed E-state index contributed by atoms with van der Waals surface area (Å²) in [6, 6.07) is 8.00. The Bertz CT molecular complexity index is 331. The zero-order valence-electron chi connectivity index (χ0n) is 9.71. The number of anilines is 1. The molecule has 0 spiro atoms. The average Bonchev–Trinajstić information content (AvgIpc) is 2.16. The van der Waals surface area contributed by atoms with Crippen molar-refractivity contribution in [3.05, 3.63) is 29.8 Å². The monoisotopic (exact) mass is 205 g/mol. The van der Waals surface area contributed by atoms with Gasteiger partial charge in [0.25, 0.3) is 0 Å². The van der Waals surface area contributed by atoms with Crippen molar-refractivity contribution in [3.63, 3.8) is 0 Å². The molecule has 2 heteroatoms. The summed E-state index contributed by atoms with van der Waals surface area (Å²) in [5, 5.41) is 2.91. The van der Waals surface area contributed by atoms with Gasteiger partial charge in [-0.05, 0) is 30.0 Å². The minimum absolute atomic E-state index is 0.0956. The van der Waals surface area contributed by atoms with Gasteiger partial charge < -0.3 is 5.32 Å². The Labute approximate surface area is 91.7 Å². The molecular weight excluding hydrogens is 186 g/mol. The minimum Gasteiger partial charge on any atom is -0.326 e. The minimum atomic E-state index is 0.0956.